The summed E-state index contributed by atoms with van der Waals surface area (Å²) in [5.74, 6) is 0. The van der Waals surface area contributed by atoms with Gasteiger partial charge in [-0.2, -0.15) is 4.57 Å². The highest BCUT2D eigenvalue weighted by Crippen LogP contribution is 2.22. The molecule has 0 N–H and O–H groups in total. The van der Waals surface area contributed by atoms with Crippen molar-refractivity contribution in [2.75, 3.05) is 0 Å². The minimum atomic E-state index is 0. The first-order valence-corrected chi connectivity index (χ1v) is 7.25. The van der Waals surface area contributed by atoms with E-state index in [-0.39, 0.29) is 17.0 Å². The number of thiazole rings is 1. The minimum Gasteiger partial charge on any atom is -1.00 e. The molecule has 0 aliphatic carbocycles. The highest BCUT2D eigenvalue weighted by atomic mass is 79.9. The molecule has 20 heavy (non-hydrogen) atoms. The van der Waals surface area contributed by atoms with Gasteiger partial charge in [-0.1, -0.05) is 60.4 Å². The molecule has 0 unspecified atom stereocenters. The van der Waals surface area contributed by atoms with Gasteiger partial charge in [0.05, 0.1) is 6.42 Å². The number of nitrogens with zero attached hydrogens (tertiary/aromatic N) is 1. The van der Waals surface area contributed by atoms with Gasteiger partial charge in [-0.15, -0.1) is 0 Å². The third-order valence-corrected chi connectivity index (χ3v) is 4.36. The number of para-hydroxylation sites is 1. The van der Waals surface area contributed by atoms with Crippen molar-refractivity contribution in [1.29, 1.82) is 0 Å². The monoisotopic (exact) mass is 345 g/mol. The largest absolute Gasteiger partial charge is 1.00 e. The predicted molar refractivity (Wildman–Crippen MR) is 81.5 cm³/mol. The smallest absolute Gasteiger partial charge is 0.243 e. The number of aromatic nitrogens is 1. The summed E-state index contributed by atoms with van der Waals surface area (Å²) in [4.78, 5) is 0. The minimum absolute atomic E-state index is 0. The summed E-state index contributed by atoms with van der Waals surface area (Å²) in [6.07, 6.45) is 2.95. The molecule has 0 saturated carbocycles. The number of hydrogen-bond donors (Lipinski definition) is 0. The molecular weight excluding hydrogens is 330 g/mol. The molecule has 1 aromatic heterocycles. The summed E-state index contributed by atoms with van der Waals surface area (Å²) < 4.78 is 3.70. The van der Waals surface area contributed by atoms with Crippen LogP contribution in [0.2, 0.25) is 0 Å². The Balaban J connectivity index is 0.00000147. The van der Waals surface area contributed by atoms with Gasteiger partial charge in [0.1, 0.15) is 4.70 Å². The number of allylic oxidation sites excluding steroid dienone is 1. The van der Waals surface area contributed by atoms with Crippen molar-refractivity contribution < 1.29 is 21.5 Å². The molecular formula is C17H16BrNS. The lowest BCUT2D eigenvalue weighted by atomic mass is 10.1. The molecule has 102 valence electrons. The first kappa shape index (κ1) is 14.9. The van der Waals surface area contributed by atoms with Gasteiger partial charge in [0.25, 0.3) is 0 Å². The second-order valence-electron chi connectivity index (χ2n) is 4.53. The molecule has 2 aromatic carbocycles. The molecule has 0 fully saturated rings. The molecule has 0 spiro atoms. The Labute approximate surface area is 134 Å². The molecule has 1 nitrogen and oxygen atoms in total. The van der Waals surface area contributed by atoms with Crippen LogP contribution in [-0.2, 0) is 13.0 Å². The van der Waals surface area contributed by atoms with E-state index in [2.05, 4.69) is 65.7 Å². The third-order valence-electron chi connectivity index (χ3n) is 3.19. The van der Waals surface area contributed by atoms with Crippen molar-refractivity contribution in [2.24, 2.45) is 0 Å². The number of benzene rings is 2. The zero-order chi connectivity index (χ0) is 13.1. The van der Waals surface area contributed by atoms with E-state index in [0.717, 1.165) is 13.0 Å². The molecule has 3 aromatic rings. The van der Waals surface area contributed by atoms with Crippen molar-refractivity contribution in [3.63, 3.8) is 0 Å². The summed E-state index contributed by atoms with van der Waals surface area (Å²) in [5, 5.41) is 1.38. The van der Waals surface area contributed by atoms with E-state index in [4.69, 9.17) is 0 Å². The van der Waals surface area contributed by atoms with Crippen molar-refractivity contribution in [3.8, 4) is 0 Å². The van der Waals surface area contributed by atoms with E-state index in [1.54, 1.807) is 0 Å². The predicted octanol–water partition coefficient (Wildman–Crippen LogP) is 0.970. The first-order valence-electron chi connectivity index (χ1n) is 6.43. The fraction of sp³-hybridized carbons (Fsp3) is 0.118. The van der Waals surface area contributed by atoms with Crippen molar-refractivity contribution in [3.05, 3.63) is 77.8 Å². The van der Waals surface area contributed by atoms with Crippen LogP contribution in [-0.4, -0.2) is 0 Å². The third kappa shape index (κ3) is 3.00. The highest BCUT2D eigenvalue weighted by molar-refractivity contribution is 7.18. The zero-order valence-corrected chi connectivity index (χ0v) is 13.5. The van der Waals surface area contributed by atoms with Gasteiger partial charge in [0.2, 0.25) is 10.5 Å². The van der Waals surface area contributed by atoms with Gasteiger partial charge in [-0.25, -0.2) is 0 Å². The molecule has 3 rings (SSSR count). The maximum absolute atomic E-state index is 3.87. The Bertz CT molecular complexity index is 703. The van der Waals surface area contributed by atoms with Gasteiger partial charge in [-0.3, -0.25) is 0 Å². The number of halogens is 1. The van der Waals surface area contributed by atoms with Crippen molar-refractivity contribution in [2.45, 2.75) is 13.0 Å². The quantitative estimate of drug-likeness (QED) is 0.490. The van der Waals surface area contributed by atoms with Gasteiger partial charge < -0.3 is 17.0 Å². The maximum Gasteiger partial charge on any atom is 0.243 e. The molecule has 0 saturated heterocycles. The fourth-order valence-corrected chi connectivity index (χ4v) is 3.52. The molecule has 0 atom stereocenters. The second-order valence-corrected chi connectivity index (χ2v) is 5.64. The molecule has 0 radical (unpaired) electrons. The number of hydrogen-bond acceptors (Lipinski definition) is 1. The Morgan fingerprint density at radius 1 is 1.00 bits per heavy atom. The van der Waals surface area contributed by atoms with Crippen LogP contribution in [0.1, 0.15) is 10.6 Å². The van der Waals surface area contributed by atoms with Crippen LogP contribution in [0.3, 0.4) is 0 Å². The summed E-state index contributed by atoms with van der Waals surface area (Å²) in [6, 6.07) is 19.2. The second kappa shape index (κ2) is 6.82. The summed E-state index contributed by atoms with van der Waals surface area (Å²) in [6.45, 7) is 4.74. The molecule has 0 amide bonds. The highest BCUT2D eigenvalue weighted by Gasteiger charge is 2.18. The lowest BCUT2D eigenvalue weighted by molar-refractivity contribution is -0.663. The van der Waals surface area contributed by atoms with E-state index in [0.29, 0.717) is 0 Å². The van der Waals surface area contributed by atoms with Crippen LogP contribution in [0.25, 0.3) is 10.2 Å². The van der Waals surface area contributed by atoms with Crippen LogP contribution in [0.5, 0.6) is 0 Å². The van der Waals surface area contributed by atoms with Crippen molar-refractivity contribution >= 4 is 21.6 Å². The Morgan fingerprint density at radius 3 is 2.45 bits per heavy atom. The van der Waals surface area contributed by atoms with E-state index in [1.165, 1.54) is 20.8 Å². The maximum atomic E-state index is 3.87. The zero-order valence-electron chi connectivity index (χ0n) is 11.1. The van der Waals surface area contributed by atoms with E-state index >= 15 is 0 Å². The van der Waals surface area contributed by atoms with Crippen LogP contribution in [0.4, 0.5) is 0 Å². The first-order chi connectivity index (χ1) is 9.38. The Hall–Kier alpha value is -1.45. The average molecular weight is 346 g/mol. The van der Waals surface area contributed by atoms with Gasteiger partial charge in [0, 0.05) is 6.07 Å². The van der Waals surface area contributed by atoms with Crippen LogP contribution in [0, 0.1) is 0 Å². The van der Waals surface area contributed by atoms with E-state index < -0.39 is 0 Å². The lowest BCUT2D eigenvalue weighted by Crippen LogP contribution is -3.00. The summed E-state index contributed by atoms with van der Waals surface area (Å²) in [5.41, 5.74) is 2.66. The average Bonchev–Trinajstić information content (AvgIpc) is 2.79. The van der Waals surface area contributed by atoms with E-state index in [9.17, 15) is 0 Å². The van der Waals surface area contributed by atoms with Gasteiger partial charge in [-0.05, 0) is 17.7 Å². The topological polar surface area (TPSA) is 3.88 Å². The van der Waals surface area contributed by atoms with Gasteiger partial charge >= 0.3 is 0 Å². The molecule has 0 bridgehead atoms. The van der Waals surface area contributed by atoms with Crippen LogP contribution in [0.15, 0.2) is 67.3 Å². The molecule has 0 aliphatic heterocycles. The van der Waals surface area contributed by atoms with Crippen LogP contribution >= 0.6 is 11.3 Å². The van der Waals surface area contributed by atoms with Crippen molar-refractivity contribution in [1.82, 2.24) is 0 Å². The number of fused-ring (bicyclic) bond motifs is 1. The van der Waals surface area contributed by atoms with E-state index in [1.807, 2.05) is 17.4 Å². The number of rotatable bonds is 4. The molecule has 1 heterocycles. The summed E-state index contributed by atoms with van der Waals surface area (Å²) >= 11 is 1.87. The molecule has 3 heteroatoms. The molecule has 0 aliphatic rings. The summed E-state index contributed by atoms with van der Waals surface area (Å²) in [7, 11) is 0. The Morgan fingerprint density at radius 2 is 1.70 bits per heavy atom. The Kier molecular flexibility index (Phi) is 5.10. The van der Waals surface area contributed by atoms with Crippen LogP contribution < -0.4 is 21.5 Å². The SMILES string of the molecule is C=CC[n+]1c(Cc2ccccc2)sc2ccccc21.[Br-]. The normalized spacial score (nSPS) is 10.2. The lowest BCUT2D eigenvalue weighted by Gasteiger charge is -1.97. The standard InChI is InChI=1S/C17H16NS.BrH/c1-2-12-18-15-10-6-7-11-16(15)19-17(18)13-14-8-4-3-5-9-14;/h2-11H,1,12-13H2;1H/q+1;/p-1. The van der Waals surface area contributed by atoms with Gasteiger partial charge in [0.15, 0.2) is 6.54 Å². The fourth-order valence-electron chi connectivity index (χ4n) is 2.31.